The number of carbonyl (C=O) groups is 1. The Morgan fingerprint density at radius 2 is 2.00 bits per heavy atom. The Balaban J connectivity index is 1.66. The van der Waals surface area contributed by atoms with Crippen LogP contribution in [0.4, 0.5) is 11.5 Å². The Morgan fingerprint density at radius 1 is 1.26 bits per heavy atom. The summed E-state index contributed by atoms with van der Waals surface area (Å²) in [5, 5.41) is 13.6. The van der Waals surface area contributed by atoms with Gasteiger partial charge in [0.2, 0.25) is 0 Å². The molecular weight excluding hydrogens is 346 g/mol. The Hall–Kier alpha value is -3.22. The topological polar surface area (TPSA) is 94.4 Å². The fourth-order valence-corrected chi connectivity index (χ4v) is 2.26. The van der Waals surface area contributed by atoms with Gasteiger partial charge in [-0.2, -0.15) is 0 Å². The molecule has 0 aliphatic rings. The number of hydrogen-bond donors (Lipinski definition) is 1. The van der Waals surface area contributed by atoms with Crippen LogP contribution in [-0.4, -0.2) is 29.0 Å². The Morgan fingerprint density at radius 3 is 2.59 bits per heavy atom. The lowest BCUT2D eigenvalue weighted by Gasteiger charge is -2.06. The standard InChI is InChI=1S/C20H23N3O4/c1-15(2)17-7-4-16(5-8-17)6-11-20(24)27-13-3-12-21-19-10-9-18(14-22-19)23(25)26/h4-11,14-15H,3,12-13H2,1-2H3,(H,21,22)/b11-6+. The molecular formula is C20H23N3O4. The van der Waals surface area contributed by atoms with Crippen molar-refractivity contribution in [3.63, 3.8) is 0 Å². The number of pyridine rings is 1. The summed E-state index contributed by atoms with van der Waals surface area (Å²) in [5.74, 6) is 0.621. The molecule has 1 aromatic carbocycles. The summed E-state index contributed by atoms with van der Waals surface area (Å²) < 4.78 is 5.14. The highest BCUT2D eigenvalue weighted by molar-refractivity contribution is 5.87. The van der Waals surface area contributed by atoms with Gasteiger partial charge in [0.25, 0.3) is 5.69 Å². The minimum atomic E-state index is -0.498. The second kappa shape index (κ2) is 10.1. The highest BCUT2D eigenvalue weighted by atomic mass is 16.6. The predicted octanol–water partition coefficient (Wildman–Crippen LogP) is 4.17. The highest BCUT2D eigenvalue weighted by Crippen LogP contribution is 2.15. The molecule has 7 heteroatoms. The molecule has 1 N–H and O–H groups in total. The van der Waals surface area contributed by atoms with Gasteiger partial charge in [-0.3, -0.25) is 10.1 Å². The van der Waals surface area contributed by atoms with Crippen molar-refractivity contribution in [1.82, 2.24) is 4.98 Å². The molecule has 7 nitrogen and oxygen atoms in total. The van der Waals surface area contributed by atoms with E-state index < -0.39 is 10.9 Å². The van der Waals surface area contributed by atoms with Crippen LogP contribution in [0.1, 0.15) is 37.3 Å². The predicted molar refractivity (Wildman–Crippen MR) is 105 cm³/mol. The molecule has 1 heterocycles. The summed E-state index contributed by atoms with van der Waals surface area (Å²) in [6.45, 7) is 5.08. The molecule has 0 fully saturated rings. The molecule has 0 radical (unpaired) electrons. The van der Waals surface area contributed by atoms with Gasteiger partial charge in [-0.15, -0.1) is 0 Å². The lowest BCUT2D eigenvalue weighted by Crippen LogP contribution is -2.09. The molecule has 142 valence electrons. The molecule has 0 bridgehead atoms. The smallest absolute Gasteiger partial charge is 0.330 e. The zero-order valence-corrected chi connectivity index (χ0v) is 15.4. The maximum Gasteiger partial charge on any atom is 0.330 e. The Kier molecular flexibility index (Phi) is 7.49. The molecule has 1 aromatic heterocycles. The lowest BCUT2D eigenvalue weighted by molar-refractivity contribution is -0.385. The van der Waals surface area contributed by atoms with E-state index in [1.54, 1.807) is 6.08 Å². The summed E-state index contributed by atoms with van der Waals surface area (Å²) in [6.07, 6.45) is 4.93. The Labute approximate surface area is 158 Å². The van der Waals surface area contributed by atoms with E-state index in [4.69, 9.17) is 4.74 Å². The van der Waals surface area contributed by atoms with Crippen molar-refractivity contribution < 1.29 is 14.5 Å². The molecule has 0 amide bonds. The second-order valence-corrected chi connectivity index (χ2v) is 6.26. The summed E-state index contributed by atoms with van der Waals surface area (Å²) in [5.41, 5.74) is 2.15. The fourth-order valence-electron chi connectivity index (χ4n) is 2.26. The van der Waals surface area contributed by atoms with Gasteiger partial charge in [0.05, 0.1) is 11.5 Å². The molecule has 0 unspecified atom stereocenters. The van der Waals surface area contributed by atoms with Crippen LogP contribution in [0.3, 0.4) is 0 Å². The van der Waals surface area contributed by atoms with Crippen molar-refractivity contribution in [1.29, 1.82) is 0 Å². The quantitative estimate of drug-likeness (QED) is 0.234. The number of nitrogens with one attached hydrogen (secondary N) is 1. The van der Waals surface area contributed by atoms with Crippen molar-refractivity contribution in [2.24, 2.45) is 0 Å². The van der Waals surface area contributed by atoms with Gasteiger partial charge in [0, 0.05) is 18.7 Å². The highest BCUT2D eigenvalue weighted by Gasteiger charge is 2.05. The number of carbonyl (C=O) groups excluding carboxylic acids is 1. The average Bonchev–Trinajstić information content (AvgIpc) is 2.66. The van der Waals surface area contributed by atoms with Gasteiger partial charge in [-0.25, -0.2) is 9.78 Å². The molecule has 27 heavy (non-hydrogen) atoms. The number of ether oxygens (including phenoxy) is 1. The first-order valence-corrected chi connectivity index (χ1v) is 8.75. The SMILES string of the molecule is CC(C)c1ccc(/C=C/C(=O)OCCCNc2ccc([N+](=O)[O-])cn2)cc1. The van der Waals surface area contributed by atoms with Gasteiger partial charge in [-0.1, -0.05) is 38.1 Å². The molecule has 0 atom stereocenters. The van der Waals surface area contributed by atoms with Crippen LogP contribution in [0.15, 0.2) is 48.7 Å². The van der Waals surface area contributed by atoms with E-state index in [0.29, 0.717) is 24.7 Å². The number of rotatable bonds is 9. The number of benzene rings is 1. The van der Waals surface area contributed by atoms with E-state index in [1.807, 2.05) is 24.3 Å². The van der Waals surface area contributed by atoms with Crippen LogP contribution in [0.5, 0.6) is 0 Å². The van der Waals surface area contributed by atoms with Crippen molar-refractivity contribution in [2.75, 3.05) is 18.5 Å². The fraction of sp³-hybridized carbons (Fsp3) is 0.300. The normalized spacial score (nSPS) is 10.9. The molecule has 2 aromatic rings. The molecule has 0 saturated carbocycles. The van der Waals surface area contributed by atoms with E-state index in [2.05, 4.69) is 24.1 Å². The maximum absolute atomic E-state index is 11.7. The number of nitrogens with zero attached hydrogens (tertiary/aromatic N) is 2. The number of anilines is 1. The van der Waals surface area contributed by atoms with Gasteiger partial charge in [0.1, 0.15) is 12.0 Å². The molecule has 0 aliphatic carbocycles. The van der Waals surface area contributed by atoms with Crippen molar-refractivity contribution in [3.8, 4) is 0 Å². The van der Waals surface area contributed by atoms with Gasteiger partial charge >= 0.3 is 5.97 Å². The minimum Gasteiger partial charge on any atom is -0.462 e. The van der Waals surface area contributed by atoms with E-state index in [9.17, 15) is 14.9 Å². The van der Waals surface area contributed by atoms with Crippen LogP contribution in [0.25, 0.3) is 6.08 Å². The van der Waals surface area contributed by atoms with Crippen LogP contribution in [-0.2, 0) is 9.53 Å². The summed E-state index contributed by atoms with van der Waals surface area (Å²) in [7, 11) is 0. The number of hydrogen-bond acceptors (Lipinski definition) is 6. The minimum absolute atomic E-state index is 0.0555. The van der Waals surface area contributed by atoms with E-state index in [0.717, 1.165) is 5.56 Å². The number of esters is 1. The van der Waals surface area contributed by atoms with Crippen molar-refractivity contribution in [2.45, 2.75) is 26.2 Å². The summed E-state index contributed by atoms with van der Waals surface area (Å²) in [6, 6.07) is 11.0. The van der Waals surface area contributed by atoms with Gasteiger partial charge < -0.3 is 10.1 Å². The lowest BCUT2D eigenvalue weighted by atomic mass is 10.0. The zero-order valence-electron chi connectivity index (χ0n) is 15.4. The van der Waals surface area contributed by atoms with E-state index in [1.165, 1.54) is 30.0 Å². The first-order valence-electron chi connectivity index (χ1n) is 8.75. The third kappa shape index (κ3) is 6.89. The molecule has 2 rings (SSSR count). The van der Waals surface area contributed by atoms with Crippen LogP contribution in [0.2, 0.25) is 0 Å². The largest absolute Gasteiger partial charge is 0.462 e. The van der Waals surface area contributed by atoms with Crippen LogP contribution in [0, 0.1) is 10.1 Å². The number of aromatic nitrogens is 1. The Bertz CT molecular complexity index is 784. The van der Waals surface area contributed by atoms with Crippen molar-refractivity contribution >= 4 is 23.6 Å². The summed E-state index contributed by atoms with van der Waals surface area (Å²) >= 11 is 0. The third-order valence-corrected chi connectivity index (χ3v) is 3.85. The summed E-state index contributed by atoms with van der Waals surface area (Å²) in [4.78, 5) is 25.7. The van der Waals surface area contributed by atoms with E-state index in [-0.39, 0.29) is 12.3 Å². The number of nitro groups is 1. The van der Waals surface area contributed by atoms with E-state index >= 15 is 0 Å². The monoisotopic (exact) mass is 369 g/mol. The third-order valence-electron chi connectivity index (χ3n) is 3.85. The van der Waals surface area contributed by atoms with Crippen molar-refractivity contribution in [3.05, 3.63) is 69.9 Å². The molecule has 0 spiro atoms. The second-order valence-electron chi connectivity index (χ2n) is 6.26. The molecule has 0 aliphatic heterocycles. The van der Waals surface area contributed by atoms with Crippen LogP contribution >= 0.6 is 0 Å². The first-order chi connectivity index (χ1) is 13.0. The zero-order chi connectivity index (χ0) is 19.6. The van der Waals surface area contributed by atoms with Gasteiger partial charge in [0.15, 0.2) is 0 Å². The first kappa shape index (κ1) is 20.1. The average molecular weight is 369 g/mol. The van der Waals surface area contributed by atoms with Gasteiger partial charge in [-0.05, 0) is 35.6 Å². The maximum atomic E-state index is 11.7. The molecule has 0 saturated heterocycles. The van der Waals surface area contributed by atoms with Crippen LogP contribution < -0.4 is 5.32 Å².